The third-order valence-corrected chi connectivity index (χ3v) is 3.97. The van der Waals surface area contributed by atoms with E-state index in [1.807, 2.05) is 0 Å². The van der Waals surface area contributed by atoms with Gasteiger partial charge in [0.1, 0.15) is 0 Å². The van der Waals surface area contributed by atoms with Crippen LogP contribution in [0.3, 0.4) is 0 Å². The number of nitrogens with zero attached hydrogens (tertiary/aromatic N) is 2. The molecule has 0 aromatic heterocycles. The van der Waals surface area contributed by atoms with Crippen molar-refractivity contribution in [1.29, 1.82) is 0 Å². The molecule has 0 fully saturated rings. The van der Waals surface area contributed by atoms with Gasteiger partial charge in [0.2, 0.25) is 0 Å². The second-order valence-electron chi connectivity index (χ2n) is 5.35. The Hall–Kier alpha value is -2.00. The maximum Gasteiger partial charge on any atom is 0.0607 e. The fourth-order valence-corrected chi connectivity index (χ4v) is 2.73. The van der Waals surface area contributed by atoms with E-state index in [0.29, 0.717) is 6.54 Å². The van der Waals surface area contributed by atoms with Crippen molar-refractivity contribution >= 4 is 11.4 Å². The van der Waals surface area contributed by atoms with Crippen LogP contribution in [-0.4, -0.2) is 20.1 Å². The van der Waals surface area contributed by atoms with Gasteiger partial charge in [-0.05, 0) is 23.3 Å². The highest BCUT2D eigenvalue weighted by molar-refractivity contribution is 5.73. The zero-order chi connectivity index (χ0) is 13.9. The van der Waals surface area contributed by atoms with Gasteiger partial charge in [0.05, 0.1) is 11.4 Å². The Morgan fingerprint density at radius 3 is 2.25 bits per heavy atom. The van der Waals surface area contributed by atoms with Gasteiger partial charge in [-0.1, -0.05) is 36.4 Å². The number of hydrogen-bond acceptors (Lipinski definition) is 3. The van der Waals surface area contributed by atoms with Gasteiger partial charge < -0.3 is 15.5 Å². The molecule has 1 aliphatic heterocycles. The molecule has 0 saturated carbocycles. The summed E-state index contributed by atoms with van der Waals surface area (Å²) >= 11 is 0. The number of para-hydroxylation sites is 2. The van der Waals surface area contributed by atoms with Gasteiger partial charge in [0.15, 0.2) is 0 Å². The van der Waals surface area contributed by atoms with Crippen LogP contribution in [0, 0.1) is 0 Å². The molecule has 0 atom stereocenters. The predicted molar refractivity (Wildman–Crippen MR) is 85.1 cm³/mol. The fraction of sp³-hybridized carbons (Fsp3) is 0.294. The average molecular weight is 267 g/mol. The minimum atomic E-state index is 0.609. The van der Waals surface area contributed by atoms with Crippen LogP contribution in [0.25, 0.3) is 0 Å². The molecule has 0 unspecified atom stereocenters. The average Bonchev–Trinajstić information content (AvgIpc) is 2.51. The van der Waals surface area contributed by atoms with Gasteiger partial charge in [-0.3, -0.25) is 0 Å². The monoisotopic (exact) mass is 267 g/mol. The Morgan fingerprint density at radius 2 is 1.55 bits per heavy atom. The van der Waals surface area contributed by atoms with Gasteiger partial charge in [-0.15, -0.1) is 0 Å². The minimum absolute atomic E-state index is 0.609. The molecule has 2 aromatic carbocycles. The van der Waals surface area contributed by atoms with Crippen molar-refractivity contribution in [3.8, 4) is 0 Å². The van der Waals surface area contributed by atoms with Crippen LogP contribution in [0.5, 0.6) is 0 Å². The summed E-state index contributed by atoms with van der Waals surface area (Å²) in [6, 6.07) is 17.2. The molecule has 1 heterocycles. The largest absolute Gasteiger partial charge is 0.371 e. The lowest BCUT2D eigenvalue weighted by molar-refractivity contribution is 0.734. The summed E-state index contributed by atoms with van der Waals surface area (Å²) in [7, 11) is 2.16. The molecule has 3 heteroatoms. The van der Waals surface area contributed by atoms with Crippen molar-refractivity contribution in [2.45, 2.75) is 13.1 Å². The van der Waals surface area contributed by atoms with E-state index in [4.69, 9.17) is 5.73 Å². The van der Waals surface area contributed by atoms with Crippen LogP contribution < -0.4 is 15.5 Å². The number of anilines is 2. The number of likely N-dealkylation sites (N-methyl/N-ethyl adjacent to an activating group) is 1. The molecule has 2 aromatic rings. The first-order chi connectivity index (χ1) is 9.78. The molecule has 3 nitrogen and oxygen atoms in total. The van der Waals surface area contributed by atoms with Gasteiger partial charge in [0, 0.05) is 33.2 Å². The zero-order valence-electron chi connectivity index (χ0n) is 11.9. The summed E-state index contributed by atoms with van der Waals surface area (Å²) in [5.74, 6) is 0. The lowest BCUT2D eigenvalue weighted by Gasteiger charge is -2.37. The quantitative estimate of drug-likeness (QED) is 0.928. The maximum atomic E-state index is 5.65. The van der Waals surface area contributed by atoms with Crippen LogP contribution in [0.15, 0.2) is 48.5 Å². The minimum Gasteiger partial charge on any atom is -0.371 e. The Bertz CT molecular complexity index is 577. The molecular weight excluding hydrogens is 246 g/mol. The SMILES string of the molecule is CN1CCN(Cc2ccc(CN)cc2)c2ccccc21. The Balaban J connectivity index is 1.82. The third-order valence-electron chi connectivity index (χ3n) is 3.97. The highest BCUT2D eigenvalue weighted by Gasteiger charge is 2.19. The van der Waals surface area contributed by atoms with Crippen LogP contribution in [-0.2, 0) is 13.1 Å². The van der Waals surface area contributed by atoms with Gasteiger partial charge in [0.25, 0.3) is 0 Å². The van der Waals surface area contributed by atoms with Crippen molar-refractivity contribution in [3.05, 3.63) is 59.7 Å². The second kappa shape index (κ2) is 5.55. The van der Waals surface area contributed by atoms with E-state index in [0.717, 1.165) is 19.6 Å². The van der Waals surface area contributed by atoms with Crippen LogP contribution in [0.4, 0.5) is 11.4 Å². The number of hydrogen-bond donors (Lipinski definition) is 1. The summed E-state index contributed by atoms with van der Waals surface area (Å²) in [6.07, 6.45) is 0. The molecule has 2 N–H and O–H groups in total. The van der Waals surface area contributed by atoms with Crippen molar-refractivity contribution in [2.75, 3.05) is 29.9 Å². The predicted octanol–water partition coefficient (Wildman–Crippen LogP) is 2.60. The molecule has 20 heavy (non-hydrogen) atoms. The Kier molecular flexibility index (Phi) is 3.61. The summed E-state index contributed by atoms with van der Waals surface area (Å²) in [4.78, 5) is 4.77. The molecular formula is C17H21N3. The van der Waals surface area contributed by atoms with Crippen LogP contribution >= 0.6 is 0 Å². The first-order valence-electron chi connectivity index (χ1n) is 7.11. The van der Waals surface area contributed by atoms with Gasteiger partial charge in [-0.2, -0.15) is 0 Å². The smallest absolute Gasteiger partial charge is 0.0607 e. The van der Waals surface area contributed by atoms with Crippen molar-refractivity contribution in [1.82, 2.24) is 0 Å². The lowest BCUT2D eigenvalue weighted by Crippen LogP contribution is -2.38. The van der Waals surface area contributed by atoms with Crippen molar-refractivity contribution in [2.24, 2.45) is 5.73 Å². The van der Waals surface area contributed by atoms with Crippen LogP contribution in [0.1, 0.15) is 11.1 Å². The van der Waals surface area contributed by atoms with E-state index in [1.54, 1.807) is 0 Å². The number of benzene rings is 2. The first-order valence-corrected chi connectivity index (χ1v) is 7.11. The van der Waals surface area contributed by atoms with Crippen molar-refractivity contribution in [3.63, 3.8) is 0 Å². The molecule has 104 valence electrons. The Labute approximate surface area is 120 Å². The van der Waals surface area contributed by atoms with E-state index >= 15 is 0 Å². The Morgan fingerprint density at radius 1 is 0.900 bits per heavy atom. The molecule has 0 saturated heterocycles. The summed E-state index contributed by atoms with van der Waals surface area (Å²) in [5.41, 5.74) is 10.8. The van der Waals surface area contributed by atoms with E-state index in [2.05, 4.69) is 65.4 Å². The summed E-state index contributed by atoms with van der Waals surface area (Å²) in [6.45, 7) is 3.69. The van der Waals surface area contributed by atoms with E-state index < -0.39 is 0 Å². The molecule has 0 amide bonds. The molecule has 0 bridgehead atoms. The number of rotatable bonds is 3. The van der Waals surface area contributed by atoms with Gasteiger partial charge >= 0.3 is 0 Å². The van der Waals surface area contributed by atoms with Crippen molar-refractivity contribution < 1.29 is 0 Å². The van der Waals surface area contributed by atoms with E-state index in [9.17, 15) is 0 Å². The maximum absolute atomic E-state index is 5.65. The normalized spacial score (nSPS) is 14.3. The summed E-state index contributed by atoms with van der Waals surface area (Å²) < 4.78 is 0. The van der Waals surface area contributed by atoms with Gasteiger partial charge in [-0.25, -0.2) is 0 Å². The molecule has 0 aliphatic carbocycles. The highest BCUT2D eigenvalue weighted by Crippen LogP contribution is 2.32. The summed E-state index contributed by atoms with van der Waals surface area (Å²) in [5, 5.41) is 0. The highest BCUT2D eigenvalue weighted by atomic mass is 15.2. The first kappa shape index (κ1) is 13.0. The topological polar surface area (TPSA) is 32.5 Å². The molecule has 1 aliphatic rings. The fourth-order valence-electron chi connectivity index (χ4n) is 2.73. The second-order valence-corrected chi connectivity index (χ2v) is 5.35. The molecule has 0 spiro atoms. The standard InChI is InChI=1S/C17H21N3/c1-19-10-11-20(17-5-3-2-4-16(17)19)13-15-8-6-14(12-18)7-9-15/h2-9H,10-13,18H2,1H3. The van der Waals surface area contributed by atoms with E-state index in [1.165, 1.54) is 22.5 Å². The third kappa shape index (κ3) is 2.49. The zero-order valence-corrected chi connectivity index (χ0v) is 11.9. The molecule has 0 radical (unpaired) electrons. The number of nitrogens with two attached hydrogens (primary N) is 1. The van der Waals surface area contributed by atoms with E-state index in [-0.39, 0.29) is 0 Å². The van der Waals surface area contributed by atoms with Crippen LogP contribution in [0.2, 0.25) is 0 Å². The molecule has 3 rings (SSSR count). The number of fused-ring (bicyclic) bond motifs is 1. The lowest BCUT2D eigenvalue weighted by atomic mass is 10.1.